The molecular formula is C17H18N2O2S2. The van der Waals surface area contributed by atoms with E-state index in [0.717, 1.165) is 21.3 Å². The molecule has 4 nitrogen and oxygen atoms in total. The Morgan fingerprint density at radius 1 is 1.22 bits per heavy atom. The smallest absolute Gasteiger partial charge is 0.149 e. The summed E-state index contributed by atoms with van der Waals surface area (Å²) in [5.74, 6) is 0.0751. The third kappa shape index (κ3) is 4.37. The van der Waals surface area contributed by atoms with Crippen molar-refractivity contribution >= 4 is 31.4 Å². The molecule has 1 atom stereocenters. The van der Waals surface area contributed by atoms with Crippen molar-refractivity contribution in [2.45, 2.75) is 12.6 Å². The molecule has 0 unspecified atom stereocenters. The van der Waals surface area contributed by atoms with Crippen LogP contribution >= 0.6 is 11.3 Å². The number of pyridine rings is 1. The minimum atomic E-state index is -3.08. The van der Waals surface area contributed by atoms with Gasteiger partial charge < -0.3 is 5.32 Å². The van der Waals surface area contributed by atoms with Crippen molar-refractivity contribution in [3.8, 4) is 0 Å². The lowest BCUT2D eigenvalue weighted by atomic mass is 10.1. The van der Waals surface area contributed by atoms with Crippen molar-refractivity contribution in [1.82, 2.24) is 10.3 Å². The summed E-state index contributed by atoms with van der Waals surface area (Å²) in [6, 6.07) is 13.5. The Kier molecular flexibility index (Phi) is 4.75. The molecule has 0 aliphatic carbocycles. The van der Waals surface area contributed by atoms with Crippen molar-refractivity contribution < 1.29 is 8.42 Å². The van der Waals surface area contributed by atoms with Crippen LogP contribution < -0.4 is 5.32 Å². The summed E-state index contributed by atoms with van der Waals surface area (Å²) in [5.41, 5.74) is 3.02. The first-order valence-corrected chi connectivity index (χ1v) is 10.2. The number of hydrogen-bond acceptors (Lipinski definition) is 5. The largest absolute Gasteiger partial charge is 0.305 e. The Hall–Kier alpha value is -1.76. The Morgan fingerprint density at radius 3 is 2.74 bits per heavy atom. The number of rotatable bonds is 6. The third-order valence-corrected chi connectivity index (χ3v) is 5.38. The fraction of sp³-hybridized carbons (Fsp3) is 0.235. The highest BCUT2D eigenvalue weighted by Gasteiger charge is 2.17. The van der Waals surface area contributed by atoms with Gasteiger partial charge in [0.25, 0.3) is 0 Å². The van der Waals surface area contributed by atoms with Crippen LogP contribution in [-0.2, 0) is 16.4 Å². The lowest BCUT2D eigenvalue weighted by Gasteiger charge is -2.18. The minimum Gasteiger partial charge on any atom is -0.305 e. The highest BCUT2D eigenvalue weighted by molar-refractivity contribution is 7.90. The summed E-state index contributed by atoms with van der Waals surface area (Å²) in [7, 11) is -3.08. The molecule has 6 heteroatoms. The van der Waals surface area contributed by atoms with E-state index in [4.69, 9.17) is 0 Å². The molecule has 0 aliphatic rings. The maximum atomic E-state index is 11.7. The molecule has 0 fully saturated rings. The molecule has 0 amide bonds. The fourth-order valence-electron chi connectivity index (χ4n) is 2.49. The highest BCUT2D eigenvalue weighted by atomic mass is 32.2. The van der Waals surface area contributed by atoms with E-state index in [0.29, 0.717) is 6.54 Å². The van der Waals surface area contributed by atoms with Crippen molar-refractivity contribution in [2.75, 3.05) is 12.0 Å². The fourth-order valence-corrected chi connectivity index (χ4v) is 4.21. The van der Waals surface area contributed by atoms with Crippen LogP contribution in [0.2, 0.25) is 0 Å². The second-order valence-corrected chi connectivity index (χ2v) is 8.72. The van der Waals surface area contributed by atoms with Crippen molar-refractivity contribution in [2.24, 2.45) is 0 Å². The van der Waals surface area contributed by atoms with Crippen LogP contribution in [0.5, 0.6) is 0 Å². The summed E-state index contributed by atoms with van der Waals surface area (Å²) in [6.07, 6.45) is 3.11. The standard InChI is InChI=1S/C17H18N2O2S2/c1-23(20,21)12-16(14-5-3-2-4-6-14)19-11-13-9-17-15(18-10-13)7-8-22-17/h2-10,16,19H,11-12H2,1H3/t16-/m1/s1. The summed E-state index contributed by atoms with van der Waals surface area (Å²) in [6.45, 7) is 0.579. The first-order valence-electron chi connectivity index (χ1n) is 7.29. The van der Waals surface area contributed by atoms with Crippen LogP contribution in [0, 0.1) is 0 Å². The molecule has 2 heterocycles. The molecule has 23 heavy (non-hydrogen) atoms. The van der Waals surface area contributed by atoms with E-state index in [9.17, 15) is 8.42 Å². The van der Waals surface area contributed by atoms with Crippen LogP contribution in [-0.4, -0.2) is 25.4 Å². The van der Waals surface area contributed by atoms with Crippen LogP contribution in [0.4, 0.5) is 0 Å². The zero-order valence-corrected chi connectivity index (χ0v) is 14.4. The van der Waals surface area contributed by atoms with Gasteiger partial charge in [-0.25, -0.2) is 8.42 Å². The van der Waals surface area contributed by atoms with Gasteiger partial charge in [0, 0.05) is 25.0 Å². The number of benzene rings is 1. The predicted molar refractivity (Wildman–Crippen MR) is 95.4 cm³/mol. The van der Waals surface area contributed by atoms with E-state index in [-0.39, 0.29) is 11.8 Å². The van der Waals surface area contributed by atoms with Crippen LogP contribution in [0.25, 0.3) is 10.2 Å². The number of nitrogens with one attached hydrogen (secondary N) is 1. The molecule has 0 spiro atoms. The molecule has 0 aliphatic heterocycles. The van der Waals surface area contributed by atoms with Gasteiger partial charge in [0.1, 0.15) is 9.84 Å². The average Bonchev–Trinajstić information content (AvgIpc) is 2.99. The Morgan fingerprint density at radius 2 is 2.00 bits per heavy atom. The van der Waals surface area contributed by atoms with E-state index in [1.165, 1.54) is 6.26 Å². The number of fused-ring (bicyclic) bond motifs is 1. The zero-order chi connectivity index (χ0) is 16.3. The number of aromatic nitrogens is 1. The summed E-state index contributed by atoms with van der Waals surface area (Å²) >= 11 is 1.66. The molecule has 0 saturated carbocycles. The molecule has 0 bridgehead atoms. The van der Waals surface area contributed by atoms with Gasteiger partial charge >= 0.3 is 0 Å². The zero-order valence-electron chi connectivity index (χ0n) is 12.8. The number of nitrogens with zero attached hydrogens (tertiary/aromatic N) is 1. The van der Waals surface area contributed by atoms with Gasteiger partial charge in [-0.1, -0.05) is 30.3 Å². The van der Waals surface area contributed by atoms with E-state index in [2.05, 4.69) is 16.4 Å². The maximum Gasteiger partial charge on any atom is 0.149 e. The topological polar surface area (TPSA) is 59.1 Å². The summed E-state index contributed by atoms with van der Waals surface area (Å²) in [4.78, 5) is 4.42. The third-order valence-electron chi connectivity index (χ3n) is 3.58. The lowest BCUT2D eigenvalue weighted by Crippen LogP contribution is -2.27. The van der Waals surface area contributed by atoms with Gasteiger partial charge in [-0.2, -0.15) is 0 Å². The number of sulfone groups is 1. The Balaban J connectivity index is 1.77. The van der Waals surface area contributed by atoms with E-state index >= 15 is 0 Å². The maximum absolute atomic E-state index is 11.7. The van der Waals surface area contributed by atoms with Gasteiger partial charge in [0.05, 0.1) is 16.0 Å². The van der Waals surface area contributed by atoms with Crippen molar-refractivity contribution in [3.63, 3.8) is 0 Å². The highest BCUT2D eigenvalue weighted by Crippen LogP contribution is 2.20. The predicted octanol–water partition coefficient (Wildman–Crippen LogP) is 3.17. The molecule has 1 N–H and O–H groups in total. The van der Waals surface area contributed by atoms with Gasteiger partial charge in [-0.15, -0.1) is 11.3 Å². The molecule has 1 aromatic carbocycles. The molecule has 2 aromatic heterocycles. The molecule has 0 saturated heterocycles. The summed E-state index contributed by atoms with van der Waals surface area (Å²) < 4.78 is 24.6. The summed E-state index contributed by atoms with van der Waals surface area (Å²) in [5, 5.41) is 5.37. The monoisotopic (exact) mass is 346 g/mol. The lowest BCUT2D eigenvalue weighted by molar-refractivity contribution is 0.550. The molecular weight excluding hydrogens is 328 g/mol. The molecule has 0 radical (unpaired) electrons. The van der Waals surface area contributed by atoms with Crippen molar-refractivity contribution in [3.05, 3.63) is 65.2 Å². The van der Waals surface area contributed by atoms with Gasteiger partial charge in [0.15, 0.2) is 0 Å². The average molecular weight is 346 g/mol. The van der Waals surface area contributed by atoms with Crippen LogP contribution in [0.15, 0.2) is 54.0 Å². The molecule has 3 aromatic rings. The number of thiophene rings is 1. The van der Waals surface area contributed by atoms with Crippen LogP contribution in [0.1, 0.15) is 17.2 Å². The van der Waals surface area contributed by atoms with Gasteiger partial charge in [-0.05, 0) is 28.6 Å². The van der Waals surface area contributed by atoms with Gasteiger partial charge in [0.2, 0.25) is 0 Å². The SMILES string of the molecule is CS(=O)(=O)C[C@@H](NCc1cnc2ccsc2c1)c1ccccc1. The second kappa shape index (κ2) is 6.78. The van der Waals surface area contributed by atoms with Crippen molar-refractivity contribution in [1.29, 1.82) is 0 Å². The van der Waals surface area contributed by atoms with E-state index in [1.807, 2.05) is 48.0 Å². The molecule has 3 rings (SSSR count). The van der Waals surface area contributed by atoms with Gasteiger partial charge in [-0.3, -0.25) is 4.98 Å². The minimum absolute atomic E-state index is 0.0751. The second-order valence-electron chi connectivity index (χ2n) is 5.58. The molecule has 120 valence electrons. The Bertz CT molecular complexity index is 889. The van der Waals surface area contributed by atoms with E-state index in [1.54, 1.807) is 11.3 Å². The first kappa shape index (κ1) is 16.1. The number of hydrogen-bond donors (Lipinski definition) is 1. The Labute approximate surface area is 140 Å². The van der Waals surface area contributed by atoms with E-state index < -0.39 is 9.84 Å². The quantitative estimate of drug-likeness (QED) is 0.745. The first-order chi connectivity index (χ1) is 11.0. The normalized spacial score (nSPS) is 13.3. The van der Waals surface area contributed by atoms with Crippen LogP contribution in [0.3, 0.4) is 0 Å².